The first-order chi connectivity index (χ1) is 6.93. The summed E-state index contributed by atoms with van der Waals surface area (Å²) in [5, 5.41) is 0. The van der Waals surface area contributed by atoms with Crippen molar-refractivity contribution < 1.29 is 22.7 Å². The highest BCUT2D eigenvalue weighted by Crippen LogP contribution is 2.28. The molecule has 0 spiro atoms. The summed E-state index contributed by atoms with van der Waals surface area (Å²) in [6, 6.07) is 1.99. The summed E-state index contributed by atoms with van der Waals surface area (Å²) in [6.07, 6.45) is 0. The van der Waals surface area contributed by atoms with E-state index in [9.17, 15) is 18.0 Å². The third-order valence-corrected chi connectivity index (χ3v) is 2.68. The first-order valence-electron chi connectivity index (χ1n) is 3.87. The average molecular weight is 330 g/mol. The van der Waals surface area contributed by atoms with E-state index in [1.54, 1.807) is 22.6 Å². The molecular formula is C9H6F3IO2. The summed E-state index contributed by atoms with van der Waals surface area (Å²) in [7, 11) is 0. The molecular weight excluding hydrogens is 324 g/mol. The van der Waals surface area contributed by atoms with Crippen molar-refractivity contribution >= 4 is 28.4 Å². The van der Waals surface area contributed by atoms with Gasteiger partial charge < -0.3 is 4.74 Å². The van der Waals surface area contributed by atoms with Gasteiger partial charge >= 0.3 is 6.61 Å². The van der Waals surface area contributed by atoms with E-state index in [0.717, 1.165) is 19.1 Å². The van der Waals surface area contributed by atoms with E-state index in [-0.39, 0.29) is 14.9 Å². The second-order valence-corrected chi connectivity index (χ2v) is 3.75. The lowest BCUT2D eigenvalue weighted by Crippen LogP contribution is -2.09. The molecule has 0 saturated carbocycles. The summed E-state index contributed by atoms with van der Waals surface area (Å²) in [5.41, 5.74) is -0.157. The van der Waals surface area contributed by atoms with Crippen LogP contribution in [-0.4, -0.2) is 12.4 Å². The fraction of sp³-hybridized carbons (Fsp3) is 0.222. The van der Waals surface area contributed by atoms with Gasteiger partial charge in [-0.2, -0.15) is 8.78 Å². The Morgan fingerprint density at radius 1 is 1.47 bits per heavy atom. The number of halogens is 4. The van der Waals surface area contributed by atoms with Crippen LogP contribution in [-0.2, 0) is 0 Å². The summed E-state index contributed by atoms with van der Waals surface area (Å²) in [6.45, 7) is -1.88. The lowest BCUT2D eigenvalue weighted by atomic mass is 10.1. The minimum absolute atomic E-state index is 0.0155. The standard InChI is InChI=1S/C9H6F3IO2/c1-4(14)7-6(15-9(11)12)3-2-5(10)8(7)13/h2-3,9H,1H3. The Balaban J connectivity index is 3.27. The fourth-order valence-electron chi connectivity index (χ4n) is 1.06. The molecule has 0 aliphatic heterocycles. The number of hydrogen-bond donors (Lipinski definition) is 0. The Labute approximate surface area is 97.6 Å². The van der Waals surface area contributed by atoms with Gasteiger partial charge in [-0.25, -0.2) is 4.39 Å². The lowest BCUT2D eigenvalue weighted by Gasteiger charge is -2.10. The topological polar surface area (TPSA) is 26.3 Å². The van der Waals surface area contributed by atoms with Crippen molar-refractivity contribution in [1.29, 1.82) is 0 Å². The molecule has 82 valence electrons. The zero-order chi connectivity index (χ0) is 11.6. The molecule has 15 heavy (non-hydrogen) atoms. The molecule has 2 nitrogen and oxygen atoms in total. The lowest BCUT2D eigenvalue weighted by molar-refractivity contribution is -0.0502. The summed E-state index contributed by atoms with van der Waals surface area (Å²) >= 11 is 1.57. The van der Waals surface area contributed by atoms with Gasteiger partial charge in [-0.15, -0.1) is 0 Å². The molecule has 0 heterocycles. The van der Waals surface area contributed by atoms with Crippen LogP contribution in [0.5, 0.6) is 5.75 Å². The van der Waals surface area contributed by atoms with Crippen LogP contribution in [0.25, 0.3) is 0 Å². The van der Waals surface area contributed by atoms with Crippen molar-refractivity contribution in [3.63, 3.8) is 0 Å². The minimum Gasteiger partial charge on any atom is -0.434 e. The molecule has 0 atom stereocenters. The number of benzene rings is 1. The quantitative estimate of drug-likeness (QED) is 0.628. The fourth-order valence-corrected chi connectivity index (χ4v) is 1.88. The number of rotatable bonds is 3. The van der Waals surface area contributed by atoms with E-state index >= 15 is 0 Å². The molecule has 0 radical (unpaired) electrons. The Hall–Kier alpha value is -0.790. The van der Waals surface area contributed by atoms with E-state index in [0.29, 0.717) is 0 Å². The van der Waals surface area contributed by atoms with Gasteiger partial charge in [0, 0.05) is 0 Å². The molecule has 0 fully saturated rings. The Morgan fingerprint density at radius 3 is 2.53 bits per heavy atom. The predicted octanol–water partition coefficient (Wildman–Crippen LogP) is 3.23. The third kappa shape index (κ3) is 2.83. The van der Waals surface area contributed by atoms with Crippen molar-refractivity contribution in [2.24, 2.45) is 0 Å². The molecule has 0 aliphatic carbocycles. The zero-order valence-electron chi connectivity index (χ0n) is 7.56. The normalized spacial score (nSPS) is 10.5. The molecule has 0 bridgehead atoms. The molecule has 0 aliphatic rings. The number of hydrogen-bond acceptors (Lipinski definition) is 2. The molecule has 0 unspecified atom stereocenters. The number of Topliss-reactive ketones (excluding diaryl/α,β-unsaturated/α-hetero) is 1. The maximum absolute atomic E-state index is 13.1. The average Bonchev–Trinajstić information content (AvgIpc) is 2.10. The zero-order valence-corrected chi connectivity index (χ0v) is 9.72. The second kappa shape index (κ2) is 4.82. The maximum Gasteiger partial charge on any atom is 0.387 e. The highest BCUT2D eigenvalue weighted by Gasteiger charge is 2.18. The highest BCUT2D eigenvalue weighted by atomic mass is 127. The van der Waals surface area contributed by atoms with Gasteiger partial charge in [0.25, 0.3) is 0 Å². The molecule has 1 rings (SSSR count). The van der Waals surface area contributed by atoms with Gasteiger partial charge in [-0.05, 0) is 41.6 Å². The summed E-state index contributed by atoms with van der Waals surface area (Å²) in [4.78, 5) is 11.1. The van der Waals surface area contributed by atoms with Crippen molar-refractivity contribution in [3.05, 3.63) is 27.1 Å². The van der Waals surface area contributed by atoms with Crippen LogP contribution in [0.15, 0.2) is 12.1 Å². The molecule has 0 aromatic heterocycles. The molecule has 6 heteroatoms. The van der Waals surface area contributed by atoms with Gasteiger partial charge in [-0.1, -0.05) is 0 Å². The number of ether oxygens (including phenoxy) is 1. The molecule has 1 aromatic carbocycles. The van der Waals surface area contributed by atoms with Gasteiger partial charge in [0.15, 0.2) is 5.78 Å². The van der Waals surface area contributed by atoms with Crippen LogP contribution < -0.4 is 4.74 Å². The van der Waals surface area contributed by atoms with Gasteiger partial charge in [-0.3, -0.25) is 4.79 Å². The van der Waals surface area contributed by atoms with Gasteiger partial charge in [0.1, 0.15) is 11.6 Å². The second-order valence-electron chi connectivity index (χ2n) is 2.67. The van der Waals surface area contributed by atoms with Crippen molar-refractivity contribution in [2.75, 3.05) is 0 Å². The molecule has 0 N–H and O–H groups in total. The first kappa shape index (κ1) is 12.3. The van der Waals surface area contributed by atoms with Crippen LogP contribution in [0, 0.1) is 9.39 Å². The number of alkyl halides is 2. The van der Waals surface area contributed by atoms with E-state index in [1.165, 1.54) is 0 Å². The van der Waals surface area contributed by atoms with Crippen molar-refractivity contribution in [2.45, 2.75) is 13.5 Å². The van der Waals surface area contributed by atoms with Crippen LogP contribution in [0.4, 0.5) is 13.2 Å². The smallest absolute Gasteiger partial charge is 0.387 e. The van der Waals surface area contributed by atoms with E-state index in [2.05, 4.69) is 4.74 Å². The highest BCUT2D eigenvalue weighted by molar-refractivity contribution is 14.1. The van der Waals surface area contributed by atoms with E-state index in [1.807, 2.05) is 0 Å². The van der Waals surface area contributed by atoms with Gasteiger partial charge in [0.05, 0.1) is 9.13 Å². The van der Waals surface area contributed by atoms with Crippen LogP contribution in [0.2, 0.25) is 0 Å². The van der Waals surface area contributed by atoms with E-state index in [4.69, 9.17) is 0 Å². The van der Waals surface area contributed by atoms with Crippen LogP contribution >= 0.6 is 22.6 Å². The minimum atomic E-state index is -3.04. The van der Waals surface area contributed by atoms with Crippen LogP contribution in [0.3, 0.4) is 0 Å². The monoisotopic (exact) mass is 330 g/mol. The Bertz CT molecular complexity index is 393. The van der Waals surface area contributed by atoms with E-state index < -0.39 is 18.2 Å². The number of carbonyl (C=O) groups is 1. The van der Waals surface area contributed by atoms with Crippen LogP contribution in [0.1, 0.15) is 17.3 Å². The predicted molar refractivity (Wildman–Crippen MR) is 55.8 cm³/mol. The summed E-state index contributed by atoms with van der Waals surface area (Å²) < 4.78 is 41.1. The first-order valence-corrected chi connectivity index (χ1v) is 4.95. The number of ketones is 1. The number of carbonyl (C=O) groups excluding carboxylic acids is 1. The SMILES string of the molecule is CC(=O)c1c(OC(F)F)ccc(F)c1I. The Morgan fingerprint density at radius 2 is 2.07 bits per heavy atom. The summed E-state index contributed by atoms with van der Waals surface area (Å²) in [5.74, 6) is -1.46. The molecule has 0 amide bonds. The Kier molecular flexibility index (Phi) is 3.95. The third-order valence-electron chi connectivity index (χ3n) is 1.62. The van der Waals surface area contributed by atoms with Crippen molar-refractivity contribution in [3.8, 4) is 5.75 Å². The maximum atomic E-state index is 13.1. The largest absolute Gasteiger partial charge is 0.434 e. The molecule has 1 aromatic rings. The molecule has 0 saturated heterocycles. The van der Waals surface area contributed by atoms with Crippen molar-refractivity contribution in [1.82, 2.24) is 0 Å². The van der Waals surface area contributed by atoms with Gasteiger partial charge in [0.2, 0.25) is 0 Å².